The Bertz CT molecular complexity index is 2930. The minimum atomic E-state index is -3.59. The van der Waals surface area contributed by atoms with E-state index < -0.39 is 7.66 Å². The summed E-state index contributed by atoms with van der Waals surface area (Å²) in [5.74, 6) is 2.94. The quantitative estimate of drug-likeness (QED) is 0.0334. The van der Waals surface area contributed by atoms with Crippen LogP contribution in [0.4, 0.5) is 0 Å². The van der Waals surface area contributed by atoms with Crippen molar-refractivity contribution in [2.24, 2.45) is 13.5 Å². The molecule has 6 aromatic carbocycles. The van der Waals surface area contributed by atoms with Crippen LogP contribution in [0.2, 0.25) is 0 Å². The second-order valence-corrected chi connectivity index (χ2v) is 20.9. The molecule has 5 unspecified atom stereocenters. The Morgan fingerprint density at radius 3 is 1.22 bits per heavy atom. The Hall–Kier alpha value is -5.77. The van der Waals surface area contributed by atoms with E-state index in [1.54, 1.807) is 6.07 Å². The van der Waals surface area contributed by atoms with Crippen LogP contribution in [-0.4, -0.2) is 77.3 Å². The Morgan fingerprint density at radius 1 is 0.417 bits per heavy atom. The Kier molecular flexibility index (Phi) is 15.8. The molecule has 4 saturated heterocycles. The summed E-state index contributed by atoms with van der Waals surface area (Å²) in [4.78, 5) is 0. The van der Waals surface area contributed by atoms with Crippen LogP contribution in [0.25, 0.3) is 0 Å². The van der Waals surface area contributed by atoms with E-state index in [2.05, 4.69) is 4.52 Å². The highest BCUT2D eigenvalue weighted by Crippen LogP contribution is 2.64. The fourth-order valence-corrected chi connectivity index (χ4v) is 11.0. The number of rotatable bonds is 28. The molecule has 0 radical (unpaired) electrons. The third kappa shape index (κ3) is 13.4. The standard InChI is InChI=1S/C52H50N3O14P3/c1-2-16-39(17-3-1)68-72(54-70-53-71-55-72)69-49-22-48(64-44-18-8-4-12-35(44)23-56-27-40-31-60-40)50(65-45-19-9-5-13-36(45)24-57-28-41-32-61-41)52(67-47-21-11-7-15-38(47)26-59-30-43-34-63-43)51(49)66-46-20-10-6-14-37(46)25-58-29-42-33-62-42/h1-22,40-43H,23-34H2. The van der Waals surface area contributed by atoms with Gasteiger partial charge in [0.15, 0.2) is 28.5 Å². The van der Waals surface area contributed by atoms with Crippen LogP contribution in [0.1, 0.15) is 22.3 Å². The van der Waals surface area contributed by atoms with Crippen molar-refractivity contribution < 1.29 is 65.9 Å². The predicted molar refractivity (Wildman–Crippen MR) is 266 cm³/mol. The maximum absolute atomic E-state index is 7.23. The lowest BCUT2D eigenvalue weighted by Gasteiger charge is -2.26. The SMILES string of the molecule is c1ccc(OP2(Oc3cc(Oc4ccccc4COCC4CO4)c(Oc4ccccc4COCC4CO4)c(Oc4ccccc4COCC4CO4)c3Oc3ccccc3COCC3CO3)=NP=NP=N2)cc1. The van der Waals surface area contributed by atoms with Gasteiger partial charge in [-0.3, -0.25) is 0 Å². The molecule has 5 aliphatic heterocycles. The summed E-state index contributed by atoms with van der Waals surface area (Å²) in [6.45, 7) is 5.31. The maximum atomic E-state index is 7.23. The number of para-hydroxylation sites is 5. The summed E-state index contributed by atoms with van der Waals surface area (Å²) in [7, 11) is -2.86. The number of benzene rings is 6. The van der Waals surface area contributed by atoms with Crippen molar-refractivity contribution in [1.82, 2.24) is 0 Å². The summed E-state index contributed by atoms with van der Waals surface area (Å²) in [6, 6.07) is 41.4. The fourth-order valence-electron chi connectivity index (χ4n) is 7.22. The molecule has 6 aromatic rings. The summed E-state index contributed by atoms with van der Waals surface area (Å²) in [5.41, 5.74) is 3.02. The second kappa shape index (κ2) is 23.4. The zero-order valence-electron chi connectivity index (χ0n) is 38.9. The van der Waals surface area contributed by atoms with Crippen molar-refractivity contribution in [3.8, 4) is 57.5 Å². The second-order valence-electron chi connectivity index (χ2n) is 17.0. The first kappa shape index (κ1) is 48.5. The van der Waals surface area contributed by atoms with E-state index in [0.29, 0.717) is 98.6 Å². The van der Waals surface area contributed by atoms with Gasteiger partial charge in [0, 0.05) is 28.3 Å². The molecule has 0 saturated carbocycles. The van der Waals surface area contributed by atoms with Crippen LogP contribution in [0, 0.1) is 0 Å². The molecular formula is C52H50N3O14P3. The van der Waals surface area contributed by atoms with Crippen LogP contribution < -0.4 is 28.0 Å². The minimum Gasteiger partial charge on any atom is -0.453 e. The van der Waals surface area contributed by atoms with Gasteiger partial charge in [-0.05, 0) is 36.4 Å². The zero-order chi connectivity index (χ0) is 48.4. The van der Waals surface area contributed by atoms with Gasteiger partial charge in [0.1, 0.15) is 53.2 Å². The zero-order valence-corrected chi connectivity index (χ0v) is 41.6. The van der Waals surface area contributed by atoms with Gasteiger partial charge in [0.2, 0.25) is 17.2 Å². The summed E-state index contributed by atoms with van der Waals surface area (Å²) >= 11 is 0. The lowest BCUT2D eigenvalue weighted by molar-refractivity contribution is 0.102. The van der Waals surface area contributed by atoms with Gasteiger partial charge in [0.05, 0.1) is 79.3 Å². The van der Waals surface area contributed by atoms with Gasteiger partial charge >= 0.3 is 7.66 Å². The number of hydrogen-bond acceptors (Lipinski definition) is 17. The summed E-state index contributed by atoms with van der Waals surface area (Å²) in [6.07, 6.45) is 0.249. The van der Waals surface area contributed by atoms with E-state index in [9.17, 15) is 0 Å². The Labute approximate surface area is 419 Å². The molecule has 0 bridgehead atoms. The molecule has 5 heterocycles. The Balaban J connectivity index is 1.10. The molecule has 11 rings (SSSR count). The normalized spacial score (nSPS) is 21.5. The molecule has 5 aliphatic rings. The maximum Gasteiger partial charge on any atom is 0.460 e. The molecule has 372 valence electrons. The molecular weight excluding hydrogens is 984 g/mol. The number of ether oxygens (including phenoxy) is 12. The highest BCUT2D eigenvalue weighted by molar-refractivity contribution is 7.65. The number of hydrogen-bond donors (Lipinski definition) is 0. The Morgan fingerprint density at radius 2 is 0.806 bits per heavy atom. The molecule has 72 heavy (non-hydrogen) atoms. The van der Waals surface area contributed by atoms with Crippen molar-refractivity contribution in [3.63, 3.8) is 0 Å². The molecule has 5 atom stereocenters. The van der Waals surface area contributed by atoms with E-state index in [-0.39, 0.29) is 79.6 Å². The largest absolute Gasteiger partial charge is 0.460 e. The van der Waals surface area contributed by atoms with Crippen molar-refractivity contribution in [1.29, 1.82) is 0 Å². The van der Waals surface area contributed by atoms with E-state index in [4.69, 9.17) is 74.9 Å². The third-order valence-electron chi connectivity index (χ3n) is 11.3. The van der Waals surface area contributed by atoms with Crippen molar-refractivity contribution in [2.75, 3.05) is 52.9 Å². The van der Waals surface area contributed by atoms with Crippen LogP contribution in [-0.2, 0) is 64.3 Å². The molecule has 0 aliphatic carbocycles. The number of epoxide rings is 4. The lowest BCUT2D eigenvalue weighted by Crippen LogP contribution is -2.07. The average molecular weight is 1030 g/mol. The van der Waals surface area contributed by atoms with Crippen molar-refractivity contribution in [2.45, 2.75) is 50.8 Å². The van der Waals surface area contributed by atoms with Gasteiger partial charge in [0.25, 0.3) is 0 Å². The smallest absolute Gasteiger partial charge is 0.453 e. The topological polar surface area (TPSA) is 180 Å². The summed E-state index contributed by atoms with van der Waals surface area (Å²) in [5, 5.41) is 0. The highest BCUT2D eigenvalue weighted by Gasteiger charge is 2.35. The summed E-state index contributed by atoms with van der Waals surface area (Å²) < 4.78 is 103. The predicted octanol–water partition coefficient (Wildman–Crippen LogP) is 13.0. The van der Waals surface area contributed by atoms with Crippen LogP contribution in [0.3, 0.4) is 0 Å². The van der Waals surface area contributed by atoms with Crippen LogP contribution in [0.15, 0.2) is 147 Å². The molecule has 4 fully saturated rings. The van der Waals surface area contributed by atoms with Gasteiger partial charge in [-0.2, -0.15) is 4.52 Å². The van der Waals surface area contributed by atoms with Crippen LogP contribution >= 0.6 is 24.7 Å². The lowest BCUT2D eigenvalue weighted by atomic mass is 10.1. The van der Waals surface area contributed by atoms with E-state index in [0.717, 1.165) is 22.3 Å². The van der Waals surface area contributed by atoms with Crippen molar-refractivity contribution >= 4 is 24.7 Å². The monoisotopic (exact) mass is 1030 g/mol. The van der Waals surface area contributed by atoms with Gasteiger partial charge in [-0.25, -0.2) is 0 Å². The van der Waals surface area contributed by atoms with E-state index >= 15 is 0 Å². The van der Waals surface area contributed by atoms with Crippen LogP contribution in [0.5, 0.6) is 57.5 Å². The first-order valence-electron chi connectivity index (χ1n) is 23.5. The van der Waals surface area contributed by atoms with Gasteiger partial charge < -0.3 is 65.9 Å². The highest BCUT2D eigenvalue weighted by atomic mass is 31.2. The van der Waals surface area contributed by atoms with E-state index in [1.165, 1.54) is 0 Å². The molecule has 0 aromatic heterocycles. The third-order valence-corrected chi connectivity index (χ3v) is 15.3. The molecule has 0 amide bonds. The van der Waals surface area contributed by atoms with Crippen molar-refractivity contribution in [3.05, 3.63) is 156 Å². The molecule has 17 nitrogen and oxygen atoms in total. The first-order valence-corrected chi connectivity index (χ1v) is 26.6. The molecule has 0 N–H and O–H groups in total. The first-order chi connectivity index (χ1) is 35.6. The average Bonchev–Trinajstić information content (AvgIpc) is 4.16. The van der Waals surface area contributed by atoms with Gasteiger partial charge in [-0.15, -0.1) is 9.03 Å². The van der Waals surface area contributed by atoms with Gasteiger partial charge in [-0.1, -0.05) is 91.0 Å². The van der Waals surface area contributed by atoms with E-state index in [1.807, 2.05) is 127 Å². The number of nitrogens with zero attached hydrogens (tertiary/aromatic N) is 3. The minimum absolute atomic E-state index is 0.0552. The molecule has 0 spiro atoms. The molecule has 20 heteroatoms. The fraction of sp³-hybridized carbons (Fsp3) is 0.308.